The predicted octanol–water partition coefficient (Wildman–Crippen LogP) is 6.12. The molecular weight excluding hydrogens is 532 g/mol. The van der Waals surface area contributed by atoms with Crippen molar-refractivity contribution in [2.45, 2.75) is 31.7 Å². The van der Waals surface area contributed by atoms with Gasteiger partial charge in [0.15, 0.2) is 0 Å². The van der Waals surface area contributed by atoms with Crippen molar-refractivity contribution in [2.75, 3.05) is 11.9 Å². The molecule has 0 atom stereocenters. The monoisotopic (exact) mass is 551 g/mol. The van der Waals surface area contributed by atoms with Gasteiger partial charge in [-0.3, -0.25) is 9.38 Å². The van der Waals surface area contributed by atoms with Crippen LogP contribution in [0.1, 0.15) is 35.6 Å². The van der Waals surface area contributed by atoms with E-state index in [9.17, 15) is 4.39 Å². The highest BCUT2D eigenvalue weighted by Crippen LogP contribution is 2.41. The van der Waals surface area contributed by atoms with Crippen molar-refractivity contribution in [2.24, 2.45) is 0 Å². The van der Waals surface area contributed by atoms with E-state index in [1.807, 2.05) is 16.7 Å². The zero-order chi connectivity index (χ0) is 22.5. The first kappa shape index (κ1) is 20.4. The zero-order valence-electron chi connectivity index (χ0n) is 17.6. The number of rotatable bonds is 5. The molecule has 0 saturated heterocycles. The predicted molar refractivity (Wildman–Crippen MR) is 132 cm³/mol. The van der Waals surface area contributed by atoms with Crippen LogP contribution in [0.5, 0.6) is 5.75 Å². The Hall–Kier alpha value is -3.19. The van der Waals surface area contributed by atoms with Gasteiger partial charge in [-0.2, -0.15) is 0 Å². The molecule has 1 aliphatic heterocycles. The molecule has 33 heavy (non-hydrogen) atoms. The maximum atomic E-state index is 14.6. The fourth-order valence-corrected chi connectivity index (χ4v) is 5.15. The maximum absolute atomic E-state index is 14.6. The number of nitrogens with zero attached hydrogens (tertiary/aromatic N) is 4. The number of hydrogen-bond donors (Lipinski definition) is 1. The van der Waals surface area contributed by atoms with E-state index in [1.165, 1.54) is 18.9 Å². The summed E-state index contributed by atoms with van der Waals surface area (Å²) >= 11 is 2.21. The zero-order valence-corrected chi connectivity index (χ0v) is 19.8. The van der Waals surface area contributed by atoms with Crippen molar-refractivity contribution in [3.05, 3.63) is 80.6 Å². The van der Waals surface area contributed by atoms with E-state index in [0.29, 0.717) is 36.0 Å². The lowest BCUT2D eigenvalue weighted by Gasteiger charge is -2.16. The van der Waals surface area contributed by atoms with Crippen molar-refractivity contribution >= 4 is 39.6 Å². The minimum atomic E-state index is -0.272. The van der Waals surface area contributed by atoms with Gasteiger partial charge in [0.2, 0.25) is 5.69 Å². The number of benzene rings is 1. The lowest BCUT2D eigenvalue weighted by molar-refractivity contribution is 0.356. The summed E-state index contributed by atoms with van der Waals surface area (Å²) in [4.78, 5) is 12.9. The van der Waals surface area contributed by atoms with Crippen LogP contribution in [0.4, 0.5) is 15.9 Å². The van der Waals surface area contributed by atoms with Gasteiger partial charge in [-0.05, 0) is 65.3 Å². The second-order valence-corrected chi connectivity index (χ2v) is 9.38. The number of imidazole rings is 1. The molecule has 6 nitrogen and oxygen atoms in total. The van der Waals surface area contributed by atoms with E-state index in [4.69, 9.17) is 11.3 Å². The molecule has 1 N–H and O–H groups in total. The SMILES string of the molecule is [C-]#[N+]c1cc(-c2ccc(C3CC3)nc2)c2c(I)ncn2c1NCc1c(F)ccc2c1CCO2. The Kier molecular flexibility index (Phi) is 4.94. The molecule has 4 heterocycles. The van der Waals surface area contributed by atoms with E-state index < -0.39 is 0 Å². The Morgan fingerprint density at radius 3 is 2.88 bits per heavy atom. The topological polar surface area (TPSA) is 55.8 Å². The van der Waals surface area contributed by atoms with Crippen LogP contribution in [0.25, 0.3) is 21.5 Å². The van der Waals surface area contributed by atoms with Gasteiger partial charge in [0.1, 0.15) is 27.4 Å². The van der Waals surface area contributed by atoms with Crippen molar-refractivity contribution in [1.29, 1.82) is 0 Å². The second-order valence-electron chi connectivity index (χ2n) is 8.36. The van der Waals surface area contributed by atoms with Gasteiger partial charge in [0.05, 0.1) is 18.7 Å². The molecule has 3 aromatic heterocycles. The Bertz CT molecular complexity index is 1440. The lowest BCUT2D eigenvalue weighted by Crippen LogP contribution is -2.08. The Labute approximate surface area is 203 Å². The molecule has 6 rings (SSSR count). The molecule has 1 aliphatic carbocycles. The Morgan fingerprint density at radius 2 is 2.12 bits per heavy atom. The average Bonchev–Trinajstić information content (AvgIpc) is 3.46. The first-order chi connectivity index (χ1) is 16.1. The van der Waals surface area contributed by atoms with Crippen molar-refractivity contribution in [3.8, 4) is 16.9 Å². The van der Waals surface area contributed by atoms with Crippen LogP contribution in [0.2, 0.25) is 0 Å². The number of anilines is 1. The van der Waals surface area contributed by atoms with Crippen LogP contribution in [0, 0.1) is 16.1 Å². The molecule has 1 aromatic carbocycles. The van der Waals surface area contributed by atoms with Crippen LogP contribution in [0.15, 0.2) is 42.9 Å². The fraction of sp³-hybridized carbons (Fsp3) is 0.240. The summed E-state index contributed by atoms with van der Waals surface area (Å²) in [5.74, 6) is 1.65. The summed E-state index contributed by atoms with van der Waals surface area (Å²) in [6.45, 7) is 8.62. The molecule has 0 unspecified atom stereocenters. The maximum Gasteiger partial charge on any atom is 0.227 e. The van der Waals surface area contributed by atoms with Crippen LogP contribution in [0.3, 0.4) is 0 Å². The average molecular weight is 551 g/mol. The largest absolute Gasteiger partial charge is 0.493 e. The third-order valence-corrected chi connectivity index (χ3v) is 7.12. The molecule has 1 saturated carbocycles. The van der Waals surface area contributed by atoms with Gasteiger partial charge in [-0.25, -0.2) is 14.2 Å². The van der Waals surface area contributed by atoms with E-state index in [-0.39, 0.29) is 12.4 Å². The molecule has 4 aromatic rings. The Morgan fingerprint density at radius 1 is 1.24 bits per heavy atom. The van der Waals surface area contributed by atoms with Crippen LogP contribution < -0.4 is 10.1 Å². The first-order valence-corrected chi connectivity index (χ1v) is 11.9. The molecule has 164 valence electrons. The van der Waals surface area contributed by atoms with E-state index in [1.54, 1.807) is 12.4 Å². The summed E-state index contributed by atoms with van der Waals surface area (Å²) in [6.07, 6.45) is 6.68. The first-order valence-electron chi connectivity index (χ1n) is 10.8. The molecule has 0 radical (unpaired) electrons. The summed E-state index contributed by atoms with van der Waals surface area (Å²) < 4.78 is 22.9. The highest BCUT2D eigenvalue weighted by Gasteiger charge is 2.25. The van der Waals surface area contributed by atoms with Gasteiger partial charge in [-0.15, -0.1) is 0 Å². The highest BCUT2D eigenvalue weighted by atomic mass is 127. The fourth-order valence-electron chi connectivity index (χ4n) is 4.48. The minimum absolute atomic E-state index is 0.252. The quantitative estimate of drug-likeness (QED) is 0.240. The molecular formula is C25H19FIN5O. The van der Waals surface area contributed by atoms with Crippen molar-refractivity contribution in [1.82, 2.24) is 14.4 Å². The van der Waals surface area contributed by atoms with Gasteiger partial charge in [0, 0.05) is 47.5 Å². The van der Waals surface area contributed by atoms with Crippen molar-refractivity contribution in [3.63, 3.8) is 0 Å². The van der Waals surface area contributed by atoms with E-state index in [2.05, 4.69) is 54.9 Å². The highest BCUT2D eigenvalue weighted by molar-refractivity contribution is 14.1. The third-order valence-electron chi connectivity index (χ3n) is 6.33. The minimum Gasteiger partial charge on any atom is -0.493 e. The number of nitrogens with one attached hydrogen (secondary N) is 1. The summed E-state index contributed by atoms with van der Waals surface area (Å²) in [6, 6.07) is 9.14. The number of hydrogen-bond acceptors (Lipinski definition) is 4. The standard InChI is InChI=1S/C25H19FIN5O/c1-28-21-10-17(15-4-6-20(29-11-15)14-2-3-14)23-24(27)31-13-32(23)25(21)30-12-18-16-8-9-33-22(16)7-5-19(18)26/h4-7,10-11,13-14,30H,2-3,8-9,12H2. The number of ether oxygens (including phenoxy) is 1. The molecule has 0 bridgehead atoms. The summed E-state index contributed by atoms with van der Waals surface area (Å²) in [5.41, 5.74) is 5.79. The molecule has 8 heteroatoms. The van der Waals surface area contributed by atoms with E-state index in [0.717, 1.165) is 37.4 Å². The van der Waals surface area contributed by atoms with Crippen LogP contribution in [-0.4, -0.2) is 21.0 Å². The summed E-state index contributed by atoms with van der Waals surface area (Å²) in [7, 11) is 0. The Balaban J connectivity index is 1.42. The smallest absolute Gasteiger partial charge is 0.227 e. The van der Waals surface area contributed by atoms with Crippen LogP contribution >= 0.6 is 22.6 Å². The van der Waals surface area contributed by atoms with E-state index >= 15 is 0 Å². The van der Waals surface area contributed by atoms with Gasteiger partial charge >= 0.3 is 0 Å². The number of aromatic nitrogens is 3. The van der Waals surface area contributed by atoms with Gasteiger partial charge < -0.3 is 10.1 Å². The molecule has 1 fully saturated rings. The van der Waals surface area contributed by atoms with Crippen LogP contribution in [-0.2, 0) is 13.0 Å². The molecule has 2 aliphatic rings. The number of pyridine rings is 2. The van der Waals surface area contributed by atoms with Crippen molar-refractivity contribution < 1.29 is 9.13 Å². The lowest BCUT2D eigenvalue weighted by atomic mass is 10.0. The summed E-state index contributed by atoms with van der Waals surface area (Å²) in [5, 5.41) is 3.31. The van der Waals surface area contributed by atoms with Gasteiger partial charge in [-0.1, -0.05) is 6.07 Å². The molecule has 0 amide bonds. The number of fused-ring (bicyclic) bond motifs is 2. The second kappa shape index (κ2) is 7.99. The third kappa shape index (κ3) is 3.51. The van der Waals surface area contributed by atoms with Gasteiger partial charge in [0.25, 0.3) is 0 Å². The normalized spacial score (nSPS) is 14.7. The molecule has 0 spiro atoms. The number of halogens is 2.